The van der Waals surface area contributed by atoms with Crippen LogP contribution in [0.5, 0.6) is 0 Å². The minimum atomic E-state index is -1.44. The van der Waals surface area contributed by atoms with Gasteiger partial charge < -0.3 is 44.7 Å². The zero-order valence-corrected chi connectivity index (χ0v) is 77.5. The molecule has 6 spiro atoms. The number of amidine groups is 1. The number of aliphatic imine (C=N–C) groups is 2. The number of amides is 3. The number of carbonyl (C=O) groups excluding carboxylic acids is 4. The van der Waals surface area contributed by atoms with Crippen LogP contribution in [0.2, 0.25) is 0 Å². The maximum Gasteiger partial charge on any atom is 1.00 e. The monoisotopic (exact) mass is 1740 g/mol. The van der Waals surface area contributed by atoms with Crippen LogP contribution in [0, 0.1) is 76.4 Å². The molecule has 9 aliphatic carbocycles. The number of nitrogens with two attached hydrogens (primary N) is 1. The van der Waals surface area contributed by atoms with E-state index in [1.807, 2.05) is 84.8 Å². The van der Waals surface area contributed by atoms with Crippen molar-refractivity contribution in [1.82, 2.24) is 20.4 Å². The number of fused-ring (bicyclic) bond motifs is 9. The number of hydrogen-bond acceptors (Lipinski definition) is 14. The Balaban J connectivity index is 0.000000143. The van der Waals surface area contributed by atoms with E-state index in [-0.39, 0.29) is 162 Å². The van der Waals surface area contributed by atoms with Crippen molar-refractivity contribution in [2.24, 2.45) is 49.7 Å². The molecule has 3 aliphatic heterocycles. The molecule has 118 heavy (non-hydrogen) atoms. The number of hydrogen-bond donors (Lipinski definition) is 3. The van der Waals surface area contributed by atoms with Crippen LogP contribution in [-0.2, 0) is 103 Å². The molecular formula is C96H100BrFK2N7O9S2+. The fourth-order valence-electron chi connectivity index (χ4n) is 19.2. The second kappa shape index (κ2) is 40.1. The zero-order valence-electron chi connectivity index (χ0n) is 69.1. The van der Waals surface area contributed by atoms with E-state index in [2.05, 4.69) is 175 Å². The Morgan fingerprint density at radius 1 is 0.551 bits per heavy atom. The topological polar surface area (TPSA) is 196 Å². The molecule has 7 aromatic rings. The maximum absolute atomic E-state index is 15.1. The van der Waals surface area contributed by atoms with E-state index in [4.69, 9.17) is 43.5 Å². The van der Waals surface area contributed by atoms with Gasteiger partial charge in [-0.2, -0.15) is 0 Å². The van der Waals surface area contributed by atoms with Gasteiger partial charge in [-0.25, -0.2) is 9.98 Å². The van der Waals surface area contributed by atoms with Gasteiger partial charge >= 0.3 is 109 Å². The average molecular weight is 1740 g/mol. The first kappa shape index (κ1) is 88.3. The second-order valence-electron chi connectivity index (χ2n) is 32.9. The molecule has 3 atom stereocenters. The van der Waals surface area contributed by atoms with Gasteiger partial charge in [0.1, 0.15) is 0 Å². The number of thiocarbonyl (C=S) groups is 1. The predicted molar refractivity (Wildman–Crippen MR) is 457 cm³/mol. The van der Waals surface area contributed by atoms with E-state index in [1.165, 1.54) is 66.3 Å². The normalized spacial score (nSPS) is 26.8. The summed E-state index contributed by atoms with van der Waals surface area (Å²) in [4.78, 5) is 72.9. The third-order valence-electron chi connectivity index (χ3n) is 25.8. The van der Waals surface area contributed by atoms with Gasteiger partial charge in [0.05, 0.1) is 31.4 Å². The number of carbonyl (C=O) groups is 4. The number of nitrogens with zero attached hydrogens (tertiary/aromatic N) is 4. The summed E-state index contributed by atoms with van der Waals surface area (Å²) in [6.07, 6.45) is 20.4. The Bertz CT molecular complexity index is 5100. The van der Waals surface area contributed by atoms with E-state index in [9.17, 15) is 18.8 Å². The Kier molecular flexibility index (Phi) is 30.0. The molecule has 0 radical (unpaired) electrons. The minimum Gasteiger partial charge on any atom is -0.426 e. The van der Waals surface area contributed by atoms with Gasteiger partial charge in [-0.3, -0.25) is 29.0 Å². The van der Waals surface area contributed by atoms with E-state index >= 15 is 4.79 Å². The predicted octanol–water partition coefficient (Wildman–Crippen LogP) is 10.8. The number of alkyl halides is 1. The fourth-order valence-corrected chi connectivity index (χ4v) is 20.8. The number of guanidine groups is 1. The molecule has 22 heteroatoms. The molecule has 12 aliphatic rings. The van der Waals surface area contributed by atoms with Crippen molar-refractivity contribution in [2.75, 3.05) is 21.3 Å². The molecule has 6 saturated carbocycles. The van der Waals surface area contributed by atoms with Crippen molar-refractivity contribution in [2.45, 2.75) is 194 Å². The number of halogens is 2. The molecule has 19 rings (SSSR count). The molecule has 7 aromatic carbocycles. The van der Waals surface area contributed by atoms with Crippen LogP contribution in [0.1, 0.15) is 189 Å². The SMILES string of the molecule is BrCc1ccccc1.COC1CCC2(CC1)Cc1ccc(C#CC3CC3)cc1C21N=C(N)N(Cc2ccccc2)C1=O.COC1CCC2(CC1)Cc1ccc(C#CC3CC3)cc1C21N=C(SCc2ccccc2)N(Cc2ccccc2)C1=O.COC1CCC2(CC1)Cc1ccc(C#CC3CC3)cc1C21NC(=S)NC1=O.[2H]C(=O)OO[CH-]F.[K+].[K+]. The van der Waals surface area contributed by atoms with Crippen LogP contribution in [-0.4, -0.2) is 89.9 Å². The van der Waals surface area contributed by atoms with Crippen LogP contribution in [0.25, 0.3) is 0 Å². The molecule has 4 N–H and O–H groups in total. The summed E-state index contributed by atoms with van der Waals surface area (Å²) in [6.45, 7) is 0.617. The van der Waals surface area contributed by atoms with Gasteiger partial charge in [-0.05, 0) is 246 Å². The number of benzene rings is 7. The van der Waals surface area contributed by atoms with Crippen LogP contribution < -0.4 is 119 Å². The Morgan fingerprint density at radius 3 is 1.31 bits per heavy atom. The van der Waals surface area contributed by atoms with Crippen molar-refractivity contribution in [3.8, 4) is 35.5 Å². The summed E-state index contributed by atoms with van der Waals surface area (Å²) in [5, 5.41) is 8.52. The third kappa shape index (κ3) is 19.0. The first-order valence-corrected chi connectivity index (χ1v) is 43.3. The van der Waals surface area contributed by atoms with Crippen molar-refractivity contribution in [3.63, 3.8) is 0 Å². The van der Waals surface area contributed by atoms with Crippen molar-refractivity contribution < 1.29 is 152 Å². The Labute approximate surface area is 798 Å². The molecular weight excluding hydrogens is 1640 g/mol. The Hall–Kier alpha value is -6.00. The third-order valence-corrected chi connectivity index (χ3v) is 27.7. The van der Waals surface area contributed by atoms with E-state index in [1.54, 1.807) is 30.9 Å². The van der Waals surface area contributed by atoms with Crippen LogP contribution in [0.4, 0.5) is 4.39 Å². The number of ether oxygens (including phenoxy) is 3. The van der Waals surface area contributed by atoms with Gasteiger partial charge in [0.2, 0.25) is 0 Å². The van der Waals surface area contributed by atoms with Crippen molar-refractivity contribution >= 4 is 80.3 Å². The summed E-state index contributed by atoms with van der Waals surface area (Å²) < 4.78 is 33.6. The van der Waals surface area contributed by atoms with Crippen molar-refractivity contribution in [1.29, 1.82) is 0 Å². The summed E-state index contributed by atoms with van der Waals surface area (Å²) in [5.74, 6) is 23.1. The smallest absolute Gasteiger partial charge is 0.426 e. The van der Waals surface area contributed by atoms with E-state index < -0.39 is 23.1 Å². The van der Waals surface area contributed by atoms with Crippen LogP contribution >= 0.6 is 39.9 Å². The fraction of sp³-hybridized carbons (Fsp3) is 0.417. The number of nitrogens with one attached hydrogen (secondary N) is 2. The molecule has 0 aromatic heterocycles. The van der Waals surface area contributed by atoms with E-state index in [0.29, 0.717) is 41.9 Å². The van der Waals surface area contributed by atoms with Gasteiger partial charge in [0.15, 0.2) is 34.2 Å². The molecule has 600 valence electrons. The van der Waals surface area contributed by atoms with Crippen molar-refractivity contribution in [3.05, 3.63) is 255 Å². The standard InChI is InChI=1S/C36H36N2O2S.C29H31N3O2.C22H24N2O2S.C7H7Br.C2H2FO3.2K/c1-40-31-18-20-35(21-19-31)23-30-17-16-27(15-14-26-12-13-26)22-32(30)36(35)33(39)38(24-28-8-4-2-5-9-28)34(37-36)41-25-29-10-6-3-7-11-29;1-34-24-13-15-28(16-14-24)18-23-12-11-21(10-9-20-7-8-20)17-25(23)29(28)26(33)32(27(30)31-29)19-22-5-3-2-4-6-22;1-26-17-8-10-21(11-9-17)13-16-7-6-15(5-4-14-2-3-14)12-18(16)22(21)19(25)23-20(27)24-22;8-6-7-4-2-1-3-5-7;3-1-5-6-2-4;;/h2-11,16-17,22,26,31H,12-13,18-21,23-25H2,1H3;2-6,11-12,17,20,24H,7-8,13-16,18-19H2,1H3,(H2,30,31);6-7,12,14,17H,2-3,8-11,13H2,1H3,(H2,23,24,25,27);1-5H,6H2;1-2H;;/q;;;;-1;2*+1/i;;;;2D;;. The number of rotatable bonds is 12. The van der Waals surface area contributed by atoms with Gasteiger partial charge in [-0.15, -0.1) is 0 Å². The molecule has 0 bridgehead atoms. The maximum atomic E-state index is 15.1. The van der Waals surface area contributed by atoms with Crippen LogP contribution in [0.15, 0.2) is 186 Å². The van der Waals surface area contributed by atoms with Gasteiger partial charge in [-0.1, -0.05) is 203 Å². The van der Waals surface area contributed by atoms with Crippen LogP contribution in [0.3, 0.4) is 0 Å². The molecule has 3 unspecified atom stereocenters. The summed E-state index contributed by atoms with van der Waals surface area (Å²) in [7, 11) is 5.37. The number of thioether (sulfide) groups is 1. The largest absolute Gasteiger partial charge is 1.00 e. The zero-order chi connectivity index (χ0) is 81.4. The first-order chi connectivity index (χ1) is 56.9. The van der Waals surface area contributed by atoms with Gasteiger partial charge in [0.25, 0.3) is 17.7 Å². The van der Waals surface area contributed by atoms with E-state index in [0.717, 1.165) is 157 Å². The van der Waals surface area contributed by atoms with Gasteiger partial charge in [0, 0.05) is 83.1 Å². The molecule has 16 nitrogen and oxygen atoms in total. The summed E-state index contributed by atoms with van der Waals surface area (Å²) in [6, 6.07) is 60.5. The summed E-state index contributed by atoms with van der Waals surface area (Å²) in [5.41, 5.74) is 17.7. The number of methoxy groups -OCH3 is 3. The molecule has 3 amide bonds. The first-order valence-electron chi connectivity index (χ1n) is 41.3. The summed E-state index contributed by atoms with van der Waals surface area (Å²) >= 11 is 10.4. The molecule has 1 saturated heterocycles. The molecule has 7 fully saturated rings. The quantitative estimate of drug-likeness (QED) is 0.0153. The Morgan fingerprint density at radius 2 is 0.932 bits per heavy atom. The average Bonchev–Trinajstić information content (AvgIpc) is 1.53. The molecule has 3 heterocycles. The minimum absolute atomic E-state index is 0. The second-order valence-corrected chi connectivity index (χ2v) is 34.8.